The number of hydrogen-bond acceptors (Lipinski definition) is 3. The normalized spacial score (nSPS) is 13.3. The van der Waals surface area contributed by atoms with Crippen molar-refractivity contribution in [2.45, 2.75) is 37.4 Å². The van der Waals surface area contributed by atoms with E-state index in [0.717, 1.165) is 21.8 Å². The molecule has 0 saturated carbocycles. The number of rotatable bonds is 6. The number of anilines is 2. The molecule has 0 fully saturated rings. The van der Waals surface area contributed by atoms with Crippen LogP contribution in [0.1, 0.15) is 26.7 Å². The van der Waals surface area contributed by atoms with Crippen LogP contribution in [0.15, 0.2) is 42.5 Å². The second kappa shape index (κ2) is 8.76. The Hall–Kier alpha value is -2.37. The number of nitrogens with zero attached hydrogens (tertiary/aromatic N) is 1. The Labute approximate surface area is 173 Å². The first-order chi connectivity index (χ1) is 13.4. The zero-order valence-corrected chi connectivity index (χ0v) is 17.1. The molecular formula is C21H21Cl2N3O2. The van der Waals surface area contributed by atoms with E-state index in [2.05, 4.69) is 15.6 Å². The van der Waals surface area contributed by atoms with E-state index in [-0.39, 0.29) is 11.8 Å². The number of alkyl halides is 2. The molecule has 1 aromatic heterocycles. The summed E-state index contributed by atoms with van der Waals surface area (Å²) >= 11 is 12.0. The molecule has 2 N–H and O–H groups in total. The van der Waals surface area contributed by atoms with Crippen LogP contribution in [0.2, 0.25) is 0 Å². The van der Waals surface area contributed by atoms with Gasteiger partial charge in [-0.3, -0.25) is 9.59 Å². The van der Waals surface area contributed by atoms with E-state index in [0.29, 0.717) is 24.2 Å². The number of halogens is 2. The molecule has 0 radical (unpaired) electrons. The Bertz CT molecular complexity index is 960. The van der Waals surface area contributed by atoms with Crippen molar-refractivity contribution in [3.05, 3.63) is 42.5 Å². The largest absolute Gasteiger partial charge is 0.325 e. The molecular weight excluding hydrogens is 397 g/mol. The quantitative estimate of drug-likeness (QED) is 0.422. The topological polar surface area (TPSA) is 71.1 Å². The van der Waals surface area contributed by atoms with Crippen LogP contribution in [0.3, 0.4) is 0 Å². The van der Waals surface area contributed by atoms with E-state index in [1.54, 1.807) is 0 Å². The minimum Gasteiger partial charge on any atom is -0.325 e. The van der Waals surface area contributed by atoms with Crippen molar-refractivity contribution in [3.63, 3.8) is 0 Å². The third-order valence-corrected chi connectivity index (χ3v) is 5.45. The van der Waals surface area contributed by atoms with Gasteiger partial charge in [-0.05, 0) is 43.2 Å². The molecule has 0 saturated heterocycles. The van der Waals surface area contributed by atoms with Crippen molar-refractivity contribution in [1.29, 1.82) is 0 Å². The molecule has 2 unspecified atom stereocenters. The van der Waals surface area contributed by atoms with Crippen LogP contribution in [0, 0.1) is 0 Å². The zero-order chi connectivity index (χ0) is 20.3. The minimum absolute atomic E-state index is 0.235. The maximum Gasteiger partial charge on any atom is 0.242 e. The highest BCUT2D eigenvalue weighted by Crippen LogP contribution is 2.25. The fourth-order valence-electron chi connectivity index (χ4n) is 2.79. The number of nitrogens with one attached hydrogen (secondary N) is 2. The number of carbonyl (C=O) groups excluding carboxylic acids is 2. The van der Waals surface area contributed by atoms with E-state index < -0.39 is 10.8 Å². The molecule has 2 atom stereocenters. The van der Waals surface area contributed by atoms with Crippen molar-refractivity contribution in [2.24, 2.45) is 0 Å². The molecule has 0 aliphatic heterocycles. The molecule has 2 aromatic carbocycles. The molecule has 0 bridgehead atoms. The van der Waals surface area contributed by atoms with Gasteiger partial charge in [0.25, 0.3) is 0 Å². The van der Waals surface area contributed by atoms with E-state index >= 15 is 0 Å². The lowest BCUT2D eigenvalue weighted by Gasteiger charge is -2.11. The Morgan fingerprint density at radius 1 is 0.821 bits per heavy atom. The second-order valence-electron chi connectivity index (χ2n) is 6.53. The van der Waals surface area contributed by atoms with Crippen molar-refractivity contribution >= 4 is 68.2 Å². The van der Waals surface area contributed by atoms with E-state index in [1.165, 1.54) is 0 Å². The molecule has 28 heavy (non-hydrogen) atoms. The van der Waals surface area contributed by atoms with Gasteiger partial charge in [-0.25, -0.2) is 4.98 Å². The van der Waals surface area contributed by atoms with Gasteiger partial charge in [0.2, 0.25) is 11.8 Å². The third-order valence-electron chi connectivity index (χ3n) is 4.43. The second-order valence-corrected chi connectivity index (χ2v) is 7.59. The average Bonchev–Trinajstić information content (AvgIpc) is 2.70. The van der Waals surface area contributed by atoms with Crippen molar-refractivity contribution in [2.75, 3.05) is 10.6 Å². The Morgan fingerprint density at radius 2 is 1.25 bits per heavy atom. The summed E-state index contributed by atoms with van der Waals surface area (Å²) < 4.78 is 0. The maximum absolute atomic E-state index is 12.0. The molecule has 7 heteroatoms. The first-order valence-corrected chi connectivity index (χ1v) is 10.0. The van der Waals surface area contributed by atoms with E-state index in [9.17, 15) is 9.59 Å². The number of benzene rings is 2. The lowest BCUT2D eigenvalue weighted by molar-refractivity contribution is -0.116. The zero-order valence-electron chi connectivity index (χ0n) is 15.6. The molecule has 3 aromatic rings. The third kappa shape index (κ3) is 4.54. The van der Waals surface area contributed by atoms with Gasteiger partial charge < -0.3 is 10.6 Å². The predicted octanol–water partition coefficient (Wildman–Crippen LogP) is 5.30. The number of fused-ring (bicyclic) bond motifs is 2. The van der Waals surface area contributed by atoms with Gasteiger partial charge in [0.1, 0.15) is 10.8 Å². The van der Waals surface area contributed by atoms with Gasteiger partial charge in [-0.15, -0.1) is 23.2 Å². The van der Waals surface area contributed by atoms with E-state index in [4.69, 9.17) is 23.2 Å². The van der Waals surface area contributed by atoms with Crippen LogP contribution in [-0.2, 0) is 9.59 Å². The van der Waals surface area contributed by atoms with Crippen LogP contribution in [0.5, 0.6) is 0 Å². The number of pyridine rings is 1. The molecule has 0 aliphatic rings. The van der Waals surface area contributed by atoms with Crippen molar-refractivity contribution < 1.29 is 9.59 Å². The Morgan fingerprint density at radius 3 is 1.64 bits per heavy atom. The van der Waals surface area contributed by atoms with Crippen LogP contribution in [0.25, 0.3) is 21.8 Å². The molecule has 0 aliphatic carbocycles. The van der Waals surface area contributed by atoms with Crippen molar-refractivity contribution in [3.8, 4) is 0 Å². The summed E-state index contributed by atoms with van der Waals surface area (Å²) in [5.41, 5.74) is 2.75. The van der Waals surface area contributed by atoms with Gasteiger partial charge in [-0.2, -0.15) is 0 Å². The molecule has 146 valence electrons. The first-order valence-electron chi connectivity index (χ1n) is 9.15. The standard InChI is InChI=1S/C21H21Cl2N3O2/c1-3-16(22)20(27)24-14-7-5-12-9-13-6-8-15(25-21(28)17(23)4-2)11-19(13)26-18(12)10-14/h5-11,16-17H,3-4H2,1-2H3,(H,24,27)(H,25,28). The fraction of sp³-hybridized carbons (Fsp3) is 0.286. The fourth-order valence-corrected chi connectivity index (χ4v) is 2.90. The monoisotopic (exact) mass is 417 g/mol. The lowest BCUT2D eigenvalue weighted by Crippen LogP contribution is -2.22. The van der Waals surface area contributed by atoms with Gasteiger partial charge in [0, 0.05) is 22.1 Å². The van der Waals surface area contributed by atoms with Gasteiger partial charge in [0.15, 0.2) is 0 Å². The van der Waals surface area contributed by atoms with E-state index in [1.807, 2.05) is 56.3 Å². The smallest absolute Gasteiger partial charge is 0.242 e. The highest BCUT2D eigenvalue weighted by Gasteiger charge is 2.14. The summed E-state index contributed by atoms with van der Waals surface area (Å²) in [6, 6.07) is 13.1. The maximum atomic E-state index is 12.0. The van der Waals surface area contributed by atoms with Crippen LogP contribution >= 0.6 is 23.2 Å². The number of carbonyl (C=O) groups is 2. The van der Waals surface area contributed by atoms with Crippen LogP contribution in [0.4, 0.5) is 11.4 Å². The Kier molecular flexibility index (Phi) is 6.37. The van der Waals surface area contributed by atoms with Gasteiger partial charge in [-0.1, -0.05) is 26.0 Å². The summed E-state index contributed by atoms with van der Waals surface area (Å²) in [6.07, 6.45) is 1.11. The summed E-state index contributed by atoms with van der Waals surface area (Å²) in [5.74, 6) is -0.471. The summed E-state index contributed by atoms with van der Waals surface area (Å²) in [4.78, 5) is 28.7. The predicted molar refractivity (Wildman–Crippen MR) is 116 cm³/mol. The minimum atomic E-state index is -0.569. The number of aromatic nitrogens is 1. The average molecular weight is 418 g/mol. The summed E-state index contributed by atoms with van der Waals surface area (Å²) in [7, 11) is 0. The molecule has 0 spiro atoms. The first kappa shape index (κ1) is 20.4. The molecule has 1 heterocycles. The van der Waals surface area contributed by atoms with Gasteiger partial charge >= 0.3 is 0 Å². The number of hydrogen-bond donors (Lipinski definition) is 2. The number of amides is 2. The van der Waals surface area contributed by atoms with Crippen molar-refractivity contribution in [1.82, 2.24) is 4.98 Å². The highest BCUT2D eigenvalue weighted by molar-refractivity contribution is 6.33. The summed E-state index contributed by atoms with van der Waals surface area (Å²) in [5, 5.41) is 6.38. The molecule has 2 amide bonds. The highest BCUT2D eigenvalue weighted by atomic mass is 35.5. The van der Waals surface area contributed by atoms with Gasteiger partial charge in [0.05, 0.1) is 11.0 Å². The van der Waals surface area contributed by atoms with Crippen LogP contribution in [-0.4, -0.2) is 27.6 Å². The lowest BCUT2D eigenvalue weighted by atomic mass is 10.1. The molecule has 5 nitrogen and oxygen atoms in total. The SMILES string of the molecule is CCC(Cl)C(=O)Nc1ccc2cc3ccc(NC(=O)C(Cl)CC)cc3nc2c1. The Balaban J connectivity index is 1.91. The summed E-state index contributed by atoms with van der Waals surface area (Å²) in [6.45, 7) is 3.71. The van der Waals surface area contributed by atoms with Crippen LogP contribution < -0.4 is 10.6 Å². The molecule has 3 rings (SSSR count).